The van der Waals surface area contributed by atoms with Gasteiger partial charge in [-0.2, -0.15) is 0 Å². The maximum atomic E-state index is 13.1. The monoisotopic (exact) mass is 205 g/mol. The lowest BCUT2D eigenvalue weighted by Crippen LogP contribution is -2.36. The van der Waals surface area contributed by atoms with Crippen molar-refractivity contribution < 1.29 is 9.18 Å². The standard InChI is InChI=1S/C12H12FNO/c13-9-3-1-7-5-8-2-4-11(15)14-12(8)10(7)6-9/h1,3,6,8,12H,2,4-5H2,(H,14,15)/t8?,12-/m0/s1. The predicted octanol–water partition coefficient (Wildman–Crippen LogP) is 1.95. The van der Waals surface area contributed by atoms with Crippen molar-refractivity contribution in [3.8, 4) is 0 Å². The first-order chi connectivity index (χ1) is 7.24. The lowest BCUT2D eigenvalue weighted by molar-refractivity contribution is -0.124. The Morgan fingerprint density at radius 1 is 1.40 bits per heavy atom. The first-order valence-corrected chi connectivity index (χ1v) is 5.32. The lowest BCUT2D eigenvalue weighted by atomic mass is 9.91. The molecule has 1 aliphatic heterocycles. The van der Waals surface area contributed by atoms with Crippen molar-refractivity contribution >= 4 is 5.91 Å². The number of carbonyl (C=O) groups is 1. The van der Waals surface area contributed by atoms with Crippen LogP contribution < -0.4 is 5.32 Å². The van der Waals surface area contributed by atoms with Crippen molar-refractivity contribution in [3.05, 3.63) is 35.1 Å². The second kappa shape index (κ2) is 3.05. The van der Waals surface area contributed by atoms with Crippen LogP contribution in [0.5, 0.6) is 0 Å². The Kier molecular flexibility index (Phi) is 1.81. The summed E-state index contributed by atoms with van der Waals surface area (Å²) in [5, 5.41) is 2.96. The molecular weight excluding hydrogens is 193 g/mol. The van der Waals surface area contributed by atoms with Crippen molar-refractivity contribution in [2.75, 3.05) is 0 Å². The third-order valence-electron chi connectivity index (χ3n) is 3.46. The molecular formula is C12H12FNO. The van der Waals surface area contributed by atoms with E-state index in [1.165, 1.54) is 11.6 Å². The van der Waals surface area contributed by atoms with Crippen LogP contribution in [0.25, 0.3) is 0 Å². The zero-order chi connectivity index (χ0) is 10.4. The van der Waals surface area contributed by atoms with Gasteiger partial charge in [0.2, 0.25) is 5.91 Å². The van der Waals surface area contributed by atoms with Gasteiger partial charge in [0.05, 0.1) is 6.04 Å². The quantitative estimate of drug-likeness (QED) is 0.689. The van der Waals surface area contributed by atoms with Crippen LogP contribution in [0.1, 0.15) is 30.0 Å². The Morgan fingerprint density at radius 2 is 2.27 bits per heavy atom. The van der Waals surface area contributed by atoms with Crippen LogP contribution >= 0.6 is 0 Å². The van der Waals surface area contributed by atoms with Crippen LogP contribution in [0, 0.1) is 11.7 Å². The van der Waals surface area contributed by atoms with Gasteiger partial charge in [0, 0.05) is 6.42 Å². The molecule has 2 aliphatic rings. The molecule has 3 rings (SSSR count). The van der Waals surface area contributed by atoms with Crippen molar-refractivity contribution in [1.82, 2.24) is 5.32 Å². The molecule has 2 atom stereocenters. The largest absolute Gasteiger partial charge is 0.349 e. The van der Waals surface area contributed by atoms with Gasteiger partial charge in [-0.1, -0.05) is 6.07 Å². The van der Waals surface area contributed by atoms with Gasteiger partial charge in [-0.3, -0.25) is 4.79 Å². The van der Waals surface area contributed by atoms with E-state index < -0.39 is 0 Å². The molecule has 1 N–H and O–H groups in total. The van der Waals surface area contributed by atoms with Gasteiger partial charge in [0.15, 0.2) is 0 Å². The first-order valence-electron chi connectivity index (χ1n) is 5.32. The minimum absolute atomic E-state index is 0.0527. The molecule has 1 heterocycles. The summed E-state index contributed by atoms with van der Waals surface area (Å²) in [6, 6.07) is 4.95. The highest BCUT2D eigenvalue weighted by atomic mass is 19.1. The summed E-state index contributed by atoms with van der Waals surface area (Å²) >= 11 is 0. The molecule has 3 heteroatoms. The number of fused-ring (bicyclic) bond motifs is 3. The highest BCUT2D eigenvalue weighted by Gasteiger charge is 2.36. The van der Waals surface area contributed by atoms with Crippen molar-refractivity contribution in [3.63, 3.8) is 0 Å². The number of carbonyl (C=O) groups excluding carboxylic acids is 1. The minimum atomic E-state index is -0.214. The summed E-state index contributed by atoms with van der Waals surface area (Å²) in [6.07, 6.45) is 2.50. The fourth-order valence-corrected chi connectivity index (χ4v) is 2.72. The normalized spacial score (nSPS) is 28.2. The average Bonchev–Trinajstić information content (AvgIpc) is 2.56. The average molecular weight is 205 g/mol. The summed E-state index contributed by atoms with van der Waals surface area (Å²) in [7, 11) is 0. The highest BCUT2D eigenvalue weighted by Crippen LogP contribution is 2.40. The van der Waals surface area contributed by atoms with Crippen LogP contribution in [0.4, 0.5) is 4.39 Å². The topological polar surface area (TPSA) is 29.1 Å². The number of hydrogen-bond donors (Lipinski definition) is 1. The molecule has 1 aliphatic carbocycles. The maximum Gasteiger partial charge on any atom is 0.220 e. The molecule has 2 nitrogen and oxygen atoms in total. The molecule has 1 fully saturated rings. The smallest absolute Gasteiger partial charge is 0.220 e. The van der Waals surface area contributed by atoms with E-state index in [1.54, 1.807) is 6.07 Å². The summed E-state index contributed by atoms with van der Waals surface area (Å²) in [5.41, 5.74) is 2.17. The van der Waals surface area contributed by atoms with Crippen LogP contribution in [0.15, 0.2) is 18.2 Å². The fraction of sp³-hybridized carbons (Fsp3) is 0.417. The Hall–Kier alpha value is -1.38. The van der Waals surface area contributed by atoms with E-state index in [0.717, 1.165) is 18.4 Å². The molecule has 0 aromatic heterocycles. The number of piperidine rings is 1. The second-order valence-electron chi connectivity index (χ2n) is 4.39. The Labute approximate surface area is 87.5 Å². The van der Waals surface area contributed by atoms with Gasteiger partial charge in [-0.05, 0) is 42.0 Å². The first kappa shape index (κ1) is 8.89. The van der Waals surface area contributed by atoms with Crippen LogP contribution in [0.2, 0.25) is 0 Å². The zero-order valence-electron chi connectivity index (χ0n) is 8.29. The molecule has 0 spiro atoms. The Bertz CT molecular complexity index is 430. The maximum absolute atomic E-state index is 13.1. The summed E-state index contributed by atoms with van der Waals surface area (Å²) in [6.45, 7) is 0. The highest BCUT2D eigenvalue weighted by molar-refractivity contribution is 5.77. The van der Waals surface area contributed by atoms with Crippen LogP contribution in [-0.2, 0) is 11.2 Å². The number of halogens is 1. The zero-order valence-corrected chi connectivity index (χ0v) is 8.29. The Morgan fingerprint density at radius 3 is 3.13 bits per heavy atom. The molecule has 1 unspecified atom stereocenters. The summed E-state index contributed by atoms with van der Waals surface area (Å²) < 4.78 is 13.1. The summed E-state index contributed by atoms with van der Waals surface area (Å²) in [4.78, 5) is 11.3. The third-order valence-corrected chi connectivity index (χ3v) is 3.46. The van der Waals surface area contributed by atoms with E-state index in [1.807, 2.05) is 6.07 Å². The molecule has 1 saturated heterocycles. The number of benzene rings is 1. The van der Waals surface area contributed by atoms with Gasteiger partial charge in [-0.15, -0.1) is 0 Å². The van der Waals surface area contributed by atoms with Crippen LogP contribution in [-0.4, -0.2) is 5.91 Å². The number of nitrogens with one attached hydrogen (secondary N) is 1. The third kappa shape index (κ3) is 1.34. The lowest BCUT2D eigenvalue weighted by Gasteiger charge is -2.26. The minimum Gasteiger partial charge on any atom is -0.349 e. The number of hydrogen-bond acceptors (Lipinski definition) is 1. The molecule has 78 valence electrons. The van der Waals surface area contributed by atoms with E-state index in [9.17, 15) is 9.18 Å². The van der Waals surface area contributed by atoms with E-state index in [-0.39, 0.29) is 17.8 Å². The molecule has 15 heavy (non-hydrogen) atoms. The molecule has 1 aromatic carbocycles. The second-order valence-corrected chi connectivity index (χ2v) is 4.39. The SMILES string of the molecule is O=C1CCC2Cc3ccc(F)cc3[C@H]2N1. The number of rotatable bonds is 0. The van der Waals surface area contributed by atoms with Gasteiger partial charge in [0.25, 0.3) is 0 Å². The molecule has 1 aromatic rings. The fourth-order valence-electron chi connectivity index (χ4n) is 2.72. The van der Waals surface area contributed by atoms with E-state index in [0.29, 0.717) is 12.3 Å². The van der Waals surface area contributed by atoms with Gasteiger partial charge < -0.3 is 5.32 Å². The Balaban J connectivity index is 2.02. The van der Waals surface area contributed by atoms with Crippen molar-refractivity contribution in [1.29, 1.82) is 0 Å². The van der Waals surface area contributed by atoms with Gasteiger partial charge >= 0.3 is 0 Å². The molecule has 0 radical (unpaired) electrons. The molecule has 0 saturated carbocycles. The predicted molar refractivity (Wildman–Crippen MR) is 53.7 cm³/mol. The van der Waals surface area contributed by atoms with Crippen molar-refractivity contribution in [2.24, 2.45) is 5.92 Å². The van der Waals surface area contributed by atoms with E-state index >= 15 is 0 Å². The van der Waals surface area contributed by atoms with Crippen LogP contribution in [0.3, 0.4) is 0 Å². The molecule has 1 amide bonds. The van der Waals surface area contributed by atoms with E-state index in [4.69, 9.17) is 0 Å². The summed E-state index contributed by atoms with van der Waals surface area (Å²) in [5.74, 6) is 0.349. The number of amides is 1. The van der Waals surface area contributed by atoms with E-state index in [2.05, 4.69) is 5.32 Å². The van der Waals surface area contributed by atoms with Gasteiger partial charge in [-0.25, -0.2) is 4.39 Å². The molecule has 0 bridgehead atoms. The van der Waals surface area contributed by atoms with Crippen molar-refractivity contribution in [2.45, 2.75) is 25.3 Å². The van der Waals surface area contributed by atoms with Gasteiger partial charge in [0.1, 0.15) is 5.82 Å².